The van der Waals surface area contributed by atoms with E-state index < -0.39 is 0 Å². The van der Waals surface area contributed by atoms with E-state index in [2.05, 4.69) is 186 Å². The number of benzene rings is 8. The molecule has 334 valence electrons. The van der Waals surface area contributed by atoms with Crippen LogP contribution in [0, 0.1) is 35.5 Å². The van der Waals surface area contributed by atoms with Gasteiger partial charge in [-0.15, -0.1) is 0 Å². The van der Waals surface area contributed by atoms with E-state index in [4.69, 9.17) is 0 Å². The number of anilines is 2. The third-order valence-electron chi connectivity index (χ3n) is 18.8. The molecule has 0 spiro atoms. The molecule has 17 rings (SSSR count). The number of hydrogen-bond donors (Lipinski definition) is 1. The highest BCUT2D eigenvalue weighted by Gasteiger charge is 2.53. The summed E-state index contributed by atoms with van der Waals surface area (Å²) in [5.74, 6) is 5.52. The molecule has 1 aromatic heterocycles. The summed E-state index contributed by atoms with van der Waals surface area (Å²) in [5, 5.41) is 9.31. The second-order valence-corrected chi connectivity index (χ2v) is 23.1. The van der Waals surface area contributed by atoms with Crippen molar-refractivity contribution in [3.8, 4) is 39.1 Å². The number of hydrogen-bond acceptors (Lipinski definition) is 1. The lowest BCUT2D eigenvalue weighted by molar-refractivity contribution is -0.00528. The summed E-state index contributed by atoms with van der Waals surface area (Å²) in [6.07, 6.45) is 17.2. The van der Waals surface area contributed by atoms with Crippen molar-refractivity contribution in [3.63, 3.8) is 0 Å². The lowest BCUT2D eigenvalue weighted by atomic mass is 9.48. The molecule has 8 saturated carbocycles. The van der Waals surface area contributed by atoms with E-state index in [0.29, 0.717) is 10.8 Å². The molecular weight excluding hydrogens is 821 g/mol. The highest BCUT2D eigenvalue weighted by Crippen LogP contribution is 2.63. The molecule has 8 fully saturated rings. The van der Waals surface area contributed by atoms with E-state index in [1.807, 2.05) is 0 Å². The van der Waals surface area contributed by atoms with E-state index in [1.54, 1.807) is 11.1 Å². The Morgan fingerprint density at radius 2 is 0.809 bits per heavy atom. The summed E-state index contributed by atoms with van der Waals surface area (Å²) in [6.45, 7) is 0. The van der Waals surface area contributed by atoms with Crippen molar-refractivity contribution in [2.75, 3.05) is 5.32 Å². The van der Waals surface area contributed by atoms with Gasteiger partial charge in [0.2, 0.25) is 0 Å². The summed E-state index contributed by atoms with van der Waals surface area (Å²) >= 11 is 0. The van der Waals surface area contributed by atoms with Crippen molar-refractivity contribution >= 4 is 44.0 Å². The number of nitrogens with zero attached hydrogens (tertiary/aromatic N) is 1. The number of nitrogens with one attached hydrogen (secondary N) is 1. The highest BCUT2D eigenvalue weighted by atomic mass is 15.0. The molecule has 0 atom stereocenters. The Morgan fingerprint density at radius 1 is 0.368 bits per heavy atom. The Hall–Kier alpha value is -6.38. The Balaban J connectivity index is 0.924. The average molecular weight is 881 g/mol. The van der Waals surface area contributed by atoms with Crippen LogP contribution in [0.5, 0.6) is 0 Å². The van der Waals surface area contributed by atoms with Gasteiger partial charge < -0.3 is 9.88 Å². The second kappa shape index (κ2) is 15.1. The topological polar surface area (TPSA) is 17.0 Å². The fourth-order valence-corrected chi connectivity index (χ4v) is 16.7. The quantitative estimate of drug-likeness (QED) is 0.161. The third kappa shape index (κ3) is 6.42. The average Bonchev–Trinajstić information content (AvgIpc) is 3.69. The first-order chi connectivity index (χ1) is 33.5. The fourth-order valence-electron chi connectivity index (χ4n) is 16.7. The molecule has 68 heavy (non-hydrogen) atoms. The minimum absolute atomic E-state index is 0.344. The van der Waals surface area contributed by atoms with E-state index >= 15 is 0 Å². The smallest absolute Gasteiger partial charge is 0.0541 e. The van der Waals surface area contributed by atoms with E-state index in [0.717, 1.165) is 46.9 Å². The van der Waals surface area contributed by atoms with Gasteiger partial charge in [-0.2, -0.15) is 0 Å². The van der Waals surface area contributed by atoms with E-state index in [-0.39, 0.29) is 0 Å². The summed E-state index contributed by atoms with van der Waals surface area (Å²) in [7, 11) is 0. The highest BCUT2D eigenvalue weighted by molar-refractivity contribution is 6.10. The Morgan fingerprint density at radius 3 is 1.32 bits per heavy atom. The molecule has 0 saturated heterocycles. The van der Waals surface area contributed by atoms with Crippen LogP contribution in [0.1, 0.15) is 88.2 Å². The van der Waals surface area contributed by atoms with Crippen LogP contribution in [0.4, 0.5) is 11.4 Å². The molecular formula is C66H60N2. The Kier molecular flexibility index (Phi) is 8.77. The standard InChI is InChI=1S/C66H60N2/c1-3-9-48(10-4-1)50-15-19-57(20-16-50)67-62-33-52-14-8-7-13-51(52)32-59(62)54-29-53(49-11-5-2-6-12-49)30-58(31-54)68-63-21-17-55(65-36-42-23-43(37-65)25-44(24-42)38-65)34-60(63)61-35-56(18-22-64(61)68)66-39-45-26-46(40-66)28-47(27-45)41-66/h1-22,29-35,42-47,67H,23-28,36-41H2. The Bertz CT molecular complexity index is 3260. The molecule has 8 aliphatic carbocycles. The zero-order valence-corrected chi connectivity index (χ0v) is 39.1. The van der Waals surface area contributed by atoms with Crippen LogP contribution < -0.4 is 5.32 Å². The van der Waals surface area contributed by atoms with Crippen molar-refractivity contribution in [1.29, 1.82) is 0 Å². The van der Waals surface area contributed by atoms with Gasteiger partial charge in [-0.05, 0) is 240 Å². The van der Waals surface area contributed by atoms with Gasteiger partial charge in [-0.1, -0.05) is 109 Å². The van der Waals surface area contributed by atoms with Gasteiger partial charge >= 0.3 is 0 Å². The lowest BCUT2D eigenvalue weighted by Crippen LogP contribution is -2.48. The first kappa shape index (κ1) is 39.6. The van der Waals surface area contributed by atoms with Crippen LogP contribution >= 0.6 is 0 Å². The minimum atomic E-state index is 0.344. The van der Waals surface area contributed by atoms with Crippen LogP contribution in [-0.4, -0.2) is 4.57 Å². The first-order valence-electron chi connectivity index (χ1n) is 26.2. The molecule has 0 amide bonds. The minimum Gasteiger partial charge on any atom is -0.355 e. The zero-order valence-electron chi connectivity index (χ0n) is 39.1. The predicted octanol–water partition coefficient (Wildman–Crippen LogP) is 17.6. The van der Waals surface area contributed by atoms with Crippen LogP contribution in [0.3, 0.4) is 0 Å². The van der Waals surface area contributed by atoms with Crippen LogP contribution in [0.2, 0.25) is 0 Å². The molecule has 0 unspecified atom stereocenters. The van der Waals surface area contributed by atoms with Crippen molar-refractivity contribution in [1.82, 2.24) is 4.57 Å². The lowest BCUT2D eigenvalue weighted by Gasteiger charge is -2.57. The van der Waals surface area contributed by atoms with Gasteiger partial charge in [0.1, 0.15) is 0 Å². The first-order valence-corrected chi connectivity index (χ1v) is 26.2. The van der Waals surface area contributed by atoms with E-state index in [1.165, 1.54) is 149 Å². The monoisotopic (exact) mass is 880 g/mol. The van der Waals surface area contributed by atoms with Gasteiger partial charge in [0.15, 0.2) is 0 Å². The second-order valence-electron chi connectivity index (χ2n) is 23.1. The number of fused-ring (bicyclic) bond motifs is 4. The van der Waals surface area contributed by atoms with E-state index in [9.17, 15) is 0 Å². The summed E-state index contributed by atoms with van der Waals surface area (Å²) in [6, 6.07) is 67.3. The maximum atomic E-state index is 3.93. The van der Waals surface area contributed by atoms with Crippen molar-refractivity contribution < 1.29 is 0 Å². The van der Waals surface area contributed by atoms with Gasteiger partial charge in [0, 0.05) is 33.4 Å². The molecule has 8 aliphatic rings. The van der Waals surface area contributed by atoms with Crippen molar-refractivity contribution in [2.24, 2.45) is 35.5 Å². The molecule has 8 aromatic carbocycles. The van der Waals surface area contributed by atoms with Crippen molar-refractivity contribution in [3.05, 3.63) is 187 Å². The van der Waals surface area contributed by atoms with Crippen LogP contribution in [0.25, 0.3) is 71.6 Å². The third-order valence-corrected chi connectivity index (χ3v) is 18.8. The van der Waals surface area contributed by atoms with Crippen LogP contribution in [0.15, 0.2) is 176 Å². The predicted molar refractivity (Wildman–Crippen MR) is 284 cm³/mol. The van der Waals surface area contributed by atoms with Gasteiger partial charge in [-0.25, -0.2) is 0 Å². The number of rotatable bonds is 8. The SMILES string of the molecule is c1ccc(-c2ccc(Nc3cc4ccccc4cc3-c3cc(-c4ccccc4)cc(-n4c5ccc(C67CC8CC(CC(C8)C6)C7)cc5c5cc(C67CC8CC(CC(C8)C6)C7)ccc54)c3)cc2)cc1. The molecule has 0 radical (unpaired) electrons. The van der Waals surface area contributed by atoms with Gasteiger partial charge in [-0.3, -0.25) is 0 Å². The van der Waals surface area contributed by atoms with Gasteiger partial charge in [0.25, 0.3) is 0 Å². The number of aromatic nitrogens is 1. The van der Waals surface area contributed by atoms with Crippen LogP contribution in [-0.2, 0) is 10.8 Å². The molecule has 2 heteroatoms. The summed E-state index contributed by atoms with van der Waals surface area (Å²) in [4.78, 5) is 0. The molecule has 2 nitrogen and oxygen atoms in total. The zero-order chi connectivity index (χ0) is 44.6. The maximum Gasteiger partial charge on any atom is 0.0541 e. The van der Waals surface area contributed by atoms with Gasteiger partial charge in [0.05, 0.1) is 11.0 Å². The fraction of sp³-hybridized carbons (Fsp3) is 0.303. The molecule has 9 aromatic rings. The van der Waals surface area contributed by atoms with Crippen molar-refractivity contribution in [2.45, 2.75) is 87.9 Å². The molecule has 1 heterocycles. The molecule has 8 bridgehead atoms. The Labute approximate surface area is 401 Å². The summed E-state index contributed by atoms with van der Waals surface area (Å²) in [5.41, 5.74) is 17.3. The maximum absolute atomic E-state index is 3.93. The largest absolute Gasteiger partial charge is 0.355 e. The normalized spacial score (nSPS) is 27.7. The molecule has 0 aliphatic heterocycles. The molecule has 1 N–H and O–H groups in total. The summed E-state index contributed by atoms with van der Waals surface area (Å²) < 4.78 is 2.64.